The molecule has 1 aromatic heterocycles. The third-order valence-electron chi connectivity index (χ3n) is 3.01. The Morgan fingerprint density at radius 2 is 2.08 bits per heavy atom. The van der Waals surface area contributed by atoms with Crippen LogP contribution in [0.4, 0.5) is 0 Å². The monoisotopic (exact) mass is 196 g/mol. The number of rotatable bonds is 4. The van der Waals surface area contributed by atoms with Crippen molar-refractivity contribution in [3.63, 3.8) is 0 Å². The van der Waals surface area contributed by atoms with Gasteiger partial charge in [0.25, 0.3) is 0 Å². The van der Waals surface area contributed by atoms with E-state index in [1.54, 1.807) is 5.56 Å². The Balaban J connectivity index is 2.88. The molecule has 0 nitrogen and oxygen atoms in total. The summed E-state index contributed by atoms with van der Waals surface area (Å²) in [6.07, 6.45) is 3.83. The van der Waals surface area contributed by atoms with Crippen LogP contribution in [0.15, 0.2) is 11.4 Å². The highest BCUT2D eigenvalue weighted by Gasteiger charge is 2.23. The van der Waals surface area contributed by atoms with E-state index in [0.29, 0.717) is 5.41 Å². The molecule has 0 N–H and O–H groups in total. The Kier molecular flexibility index (Phi) is 3.55. The molecule has 0 amide bonds. The number of thiophene rings is 1. The summed E-state index contributed by atoms with van der Waals surface area (Å²) >= 11 is 1.87. The van der Waals surface area contributed by atoms with Crippen molar-refractivity contribution < 1.29 is 0 Å². The standard InChI is InChI=1S/C12H20S/c1-5-7-12(4,6-2)11-8-10(3)13-9-11/h8-9H,5-7H2,1-4H3. The molecule has 1 heteroatoms. The van der Waals surface area contributed by atoms with Gasteiger partial charge in [0.05, 0.1) is 0 Å². The minimum atomic E-state index is 0.416. The highest BCUT2D eigenvalue weighted by Crippen LogP contribution is 2.34. The van der Waals surface area contributed by atoms with Crippen molar-refractivity contribution in [2.45, 2.75) is 52.4 Å². The van der Waals surface area contributed by atoms with Gasteiger partial charge in [0, 0.05) is 4.88 Å². The van der Waals surface area contributed by atoms with Gasteiger partial charge in [-0.2, -0.15) is 0 Å². The third-order valence-corrected chi connectivity index (χ3v) is 3.87. The van der Waals surface area contributed by atoms with Crippen molar-refractivity contribution in [1.82, 2.24) is 0 Å². The van der Waals surface area contributed by atoms with Crippen molar-refractivity contribution in [2.75, 3.05) is 0 Å². The Morgan fingerprint density at radius 3 is 2.46 bits per heavy atom. The van der Waals surface area contributed by atoms with E-state index < -0.39 is 0 Å². The molecule has 1 heterocycles. The fourth-order valence-electron chi connectivity index (χ4n) is 1.84. The largest absolute Gasteiger partial charge is 0.149 e. The molecule has 74 valence electrons. The Morgan fingerprint density at radius 1 is 1.38 bits per heavy atom. The van der Waals surface area contributed by atoms with E-state index >= 15 is 0 Å². The first-order valence-electron chi connectivity index (χ1n) is 5.18. The number of hydrogen-bond acceptors (Lipinski definition) is 1. The van der Waals surface area contributed by atoms with Crippen LogP contribution < -0.4 is 0 Å². The summed E-state index contributed by atoms with van der Waals surface area (Å²) in [5.74, 6) is 0. The highest BCUT2D eigenvalue weighted by atomic mass is 32.1. The zero-order chi connectivity index (χ0) is 9.90. The van der Waals surface area contributed by atoms with Gasteiger partial charge in [-0.1, -0.05) is 27.2 Å². The van der Waals surface area contributed by atoms with Gasteiger partial charge in [0.2, 0.25) is 0 Å². The maximum Gasteiger partial charge on any atom is 0.00172 e. The summed E-state index contributed by atoms with van der Waals surface area (Å²) in [7, 11) is 0. The molecule has 13 heavy (non-hydrogen) atoms. The van der Waals surface area contributed by atoms with Crippen LogP contribution in [0.2, 0.25) is 0 Å². The molecule has 0 aromatic carbocycles. The van der Waals surface area contributed by atoms with E-state index in [-0.39, 0.29) is 0 Å². The summed E-state index contributed by atoms with van der Waals surface area (Å²) in [6, 6.07) is 2.35. The smallest absolute Gasteiger partial charge is 0.00172 e. The fraction of sp³-hybridized carbons (Fsp3) is 0.667. The second-order valence-corrected chi connectivity index (χ2v) is 5.23. The molecule has 0 aliphatic carbocycles. The minimum absolute atomic E-state index is 0.416. The van der Waals surface area contributed by atoms with Gasteiger partial charge < -0.3 is 0 Å². The van der Waals surface area contributed by atoms with Gasteiger partial charge in [-0.05, 0) is 42.2 Å². The van der Waals surface area contributed by atoms with Crippen LogP contribution in [-0.4, -0.2) is 0 Å². The average molecular weight is 196 g/mol. The molecule has 1 aromatic rings. The van der Waals surface area contributed by atoms with Crippen molar-refractivity contribution >= 4 is 11.3 Å². The van der Waals surface area contributed by atoms with E-state index in [9.17, 15) is 0 Å². The van der Waals surface area contributed by atoms with Crippen molar-refractivity contribution in [1.29, 1.82) is 0 Å². The minimum Gasteiger partial charge on any atom is -0.149 e. The van der Waals surface area contributed by atoms with Gasteiger partial charge in [-0.15, -0.1) is 11.3 Å². The Bertz CT molecular complexity index is 262. The van der Waals surface area contributed by atoms with E-state index in [1.807, 2.05) is 11.3 Å². The van der Waals surface area contributed by atoms with E-state index in [2.05, 4.69) is 39.1 Å². The lowest BCUT2D eigenvalue weighted by molar-refractivity contribution is 0.415. The van der Waals surface area contributed by atoms with Crippen molar-refractivity contribution in [3.05, 3.63) is 21.9 Å². The van der Waals surface area contributed by atoms with Gasteiger partial charge in [0.15, 0.2) is 0 Å². The maximum atomic E-state index is 2.39. The summed E-state index contributed by atoms with van der Waals surface area (Å²) in [6.45, 7) is 9.14. The second kappa shape index (κ2) is 4.28. The van der Waals surface area contributed by atoms with Crippen LogP contribution in [0.3, 0.4) is 0 Å². The molecule has 0 bridgehead atoms. The van der Waals surface area contributed by atoms with Crippen LogP contribution in [0, 0.1) is 6.92 Å². The summed E-state index contributed by atoms with van der Waals surface area (Å²) in [5.41, 5.74) is 1.96. The molecule has 1 atom stereocenters. The predicted octanol–water partition coefficient (Wildman–Crippen LogP) is 4.52. The predicted molar refractivity (Wildman–Crippen MR) is 61.6 cm³/mol. The van der Waals surface area contributed by atoms with E-state index in [0.717, 1.165) is 0 Å². The lowest BCUT2D eigenvalue weighted by Gasteiger charge is -2.27. The first-order chi connectivity index (χ1) is 6.12. The van der Waals surface area contributed by atoms with Crippen LogP contribution in [0.5, 0.6) is 0 Å². The van der Waals surface area contributed by atoms with Gasteiger partial charge in [-0.25, -0.2) is 0 Å². The molecule has 0 saturated heterocycles. The first kappa shape index (κ1) is 10.8. The van der Waals surface area contributed by atoms with Crippen molar-refractivity contribution in [3.8, 4) is 0 Å². The third kappa shape index (κ3) is 2.34. The molecular formula is C12H20S. The molecule has 0 aliphatic heterocycles. The normalized spacial score (nSPS) is 15.7. The van der Waals surface area contributed by atoms with E-state index in [4.69, 9.17) is 0 Å². The van der Waals surface area contributed by atoms with Gasteiger partial charge in [-0.3, -0.25) is 0 Å². The Labute approximate surface area is 86.0 Å². The van der Waals surface area contributed by atoms with Crippen LogP contribution in [-0.2, 0) is 5.41 Å². The SMILES string of the molecule is CCCC(C)(CC)c1csc(C)c1. The summed E-state index contributed by atoms with van der Waals surface area (Å²) < 4.78 is 0. The summed E-state index contributed by atoms with van der Waals surface area (Å²) in [5, 5.41) is 2.33. The first-order valence-corrected chi connectivity index (χ1v) is 6.06. The molecule has 0 fully saturated rings. The molecule has 1 rings (SSSR count). The lowest BCUT2D eigenvalue weighted by Crippen LogP contribution is -2.19. The summed E-state index contributed by atoms with van der Waals surface area (Å²) in [4.78, 5) is 1.44. The lowest BCUT2D eigenvalue weighted by atomic mass is 9.78. The van der Waals surface area contributed by atoms with Crippen LogP contribution in [0.1, 0.15) is 50.5 Å². The molecule has 0 aliphatic rings. The molecule has 0 saturated carbocycles. The highest BCUT2D eigenvalue weighted by molar-refractivity contribution is 7.10. The second-order valence-electron chi connectivity index (χ2n) is 4.11. The van der Waals surface area contributed by atoms with Gasteiger partial charge >= 0.3 is 0 Å². The molecule has 1 unspecified atom stereocenters. The topological polar surface area (TPSA) is 0 Å². The van der Waals surface area contributed by atoms with Crippen molar-refractivity contribution in [2.24, 2.45) is 0 Å². The van der Waals surface area contributed by atoms with E-state index in [1.165, 1.54) is 24.1 Å². The van der Waals surface area contributed by atoms with Crippen LogP contribution in [0.25, 0.3) is 0 Å². The fourth-order valence-corrected chi connectivity index (χ4v) is 2.70. The quantitative estimate of drug-likeness (QED) is 0.664. The molecule has 0 radical (unpaired) electrons. The maximum absolute atomic E-state index is 2.39. The Hall–Kier alpha value is -0.300. The van der Waals surface area contributed by atoms with Crippen LogP contribution >= 0.6 is 11.3 Å². The zero-order valence-electron chi connectivity index (χ0n) is 9.18. The molecule has 0 spiro atoms. The average Bonchev–Trinajstić information content (AvgIpc) is 2.52. The van der Waals surface area contributed by atoms with Gasteiger partial charge in [0.1, 0.15) is 0 Å². The number of aryl methyl sites for hydroxylation is 1. The number of hydrogen-bond donors (Lipinski definition) is 0. The zero-order valence-corrected chi connectivity index (χ0v) is 10.0. The molecular weight excluding hydrogens is 176 g/mol.